The lowest BCUT2D eigenvalue weighted by atomic mass is 10.3. The SMILES string of the molecule is CCn1nc(C)c([N+](=O)[O-])c1NCCCc1ncc[nH]1. The zero-order valence-corrected chi connectivity index (χ0v) is 11.6. The summed E-state index contributed by atoms with van der Waals surface area (Å²) in [6, 6.07) is 0. The number of H-pyrrole nitrogens is 1. The first-order chi connectivity index (χ1) is 9.63. The smallest absolute Gasteiger partial charge is 0.333 e. The molecule has 108 valence electrons. The molecule has 0 amide bonds. The molecule has 0 aliphatic rings. The maximum atomic E-state index is 11.1. The zero-order valence-electron chi connectivity index (χ0n) is 11.6. The maximum Gasteiger partial charge on any atom is 0.333 e. The molecule has 8 nitrogen and oxygen atoms in total. The number of imidazole rings is 1. The average Bonchev–Trinajstić information content (AvgIpc) is 3.01. The van der Waals surface area contributed by atoms with Crippen LogP contribution in [0.25, 0.3) is 0 Å². The summed E-state index contributed by atoms with van der Waals surface area (Å²) in [7, 11) is 0. The molecule has 2 aromatic heterocycles. The lowest BCUT2D eigenvalue weighted by molar-refractivity contribution is -0.384. The minimum atomic E-state index is -0.386. The molecule has 0 aliphatic heterocycles. The van der Waals surface area contributed by atoms with E-state index in [9.17, 15) is 10.1 Å². The number of nitrogens with one attached hydrogen (secondary N) is 2. The van der Waals surface area contributed by atoms with Gasteiger partial charge in [0, 0.05) is 31.9 Å². The number of nitro groups is 1. The molecule has 0 aliphatic carbocycles. The van der Waals surface area contributed by atoms with E-state index < -0.39 is 0 Å². The fourth-order valence-corrected chi connectivity index (χ4v) is 2.09. The number of nitrogens with zero attached hydrogens (tertiary/aromatic N) is 4. The number of aromatic nitrogens is 4. The summed E-state index contributed by atoms with van der Waals surface area (Å²) in [5, 5.41) is 18.4. The lowest BCUT2D eigenvalue weighted by Crippen LogP contribution is -2.10. The van der Waals surface area contributed by atoms with Crippen LogP contribution in [0.5, 0.6) is 0 Å². The Morgan fingerprint density at radius 1 is 1.55 bits per heavy atom. The van der Waals surface area contributed by atoms with Crippen molar-refractivity contribution in [1.29, 1.82) is 0 Å². The second-order valence-electron chi connectivity index (χ2n) is 4.42. The second kappa shape index (κ2) is 6.18. The molecule has 2 heterocycles. The van der Waals surface area contributed by atoms with Crippen LogP contribution in [0, 0.1) is 17.0 Å². The first-order valence-electron chi connectivity index (χ1n) is 6.57. The largest absolute Gasteiger partial charge is 0.365 e. The minimum Gasteiger partial charge on any atom is -0.365 e. The molecule has 0 bridgehead atoms. The molecule has 0 saturated carbocycles. The predicted molar refractivity (Wildman–Crippen MR) is 74.7 cm³/mol. The van der Waals surface area contributed by atoms with E-state index in [2.05, 4.69) is 20.4 Å². The normalized spacial score (nSPS) is 10.7. The summed E-state index contributed by atoms with van der Waals surface area (Å²) < 4.78 is 1.63. The van der Waals surface area contributed by atoms with Crippen LogP contribution < -0.4 is 5.32 Å². The summed E-state index contributed by atoms with van der Waals surface area (Å²) in [6.45, 7) is 4.78. The van der Waals surface area contributed by atoms with Crippen molar-refractivity contribution in [3.8, 4) is 0 Å². The Bertz CT molecular complexity index is 575. The van der Waals surface area contributed by atoms with Crippen LogP contribution in [0.4, 0.5) is 11.5 Å². The van der Waals surface area contributed by atoms with E-state index in [1.807, 2.05) is 6.92 Å². The molecule has 0 fully saturated rings. The Morgan fingerprint density at radius 3 is 2.95 bits per heavy atom. The Labute approximate surface area is 116 Å². The number of aromatic amines is 1. The second-order valence-corrected chi connectivity index (χ2v) is 4.42. The van der Waals surface area contributed by atoms with E-state index in [1.54, 1.807) is 24.0 Å². The van der Waals surface area contributed by atoms with Crippen molar-refractivity contribution in [2.45, 2.75) is 33.2 Å². The summed E-state index contributed by atoms with van der Waals surface area (Å²) in [5.74, 6) is 1.40. The summed E-state index contributed by atoms with van der Waals surface area (Å²) in [6.07, 6.45) is 5.12. The summed E-state index contributed by atoms with van der Waals surface area (Å²) >= 11 is 0. The van der Waals surface area contributed by atoms with Crippen molar-refractivity contribution in [3.05, 3.63) is 34.0 Å². The Hall–Kier alpha value is -2.38. The standard InChI is InChI=1S/C12H18N6O2/c1-3-17-12(11(18(19)20)9(2)16-17)15-6-4-5-10-13-7-8-14-10/h7-8,15H,3-6H2,1-2H3,(H,13,14). The third kappa shape index (κ3) is 2.95. The number of rotatable bonds is 7. The highest BCUT2D eigenvalue weighted by molar-refractivity contribution is 5.59. The molecule has 2 rings (SSSR count). The van der Waals surface area contributed by atoms with Gasteiger partial charge in [0.1, 0.15) is 11.5 Å². The van der Waals surface area contributed by atoms with Crippen molar-refractivity contribution < 1.29 is 4.92 Å². The van der Waals surface area contributed by atoms with Gasteiger partial charge in [0.2, 0.25) is 5.82 Å². The first kappa shape index (κ1) is 14.0. The van der Waals surface area contributed by atoms with Crippen LogP contribution >= 0.6 is 0 Å². The van der Waals surface area contributed by atoms with E-state index in [-0.39, 0.29) is 10.6 Å². The number of hydrogen-bond donors (Lipinski definition) is 2. The maximum absolute atomic E-state index is 11.1. The molecule has 0 saturated heterocycles. The van der Waals surface area contributed by atoms with Gasteiger partial charge in [-0.2, -0.15) is 5.10 Å². The monoisotopic (exact) mass is 278 g/mol. The topological polar surface area (TPSA) is 102 Å². The van der Waals surface area contributed by atoms with Crippen LogP contribution in [-0.2, 0) is 13.0 Å². The van der Waals surface area contributed by atoms with Gasteiger partial charge in [-0.25, -0.2) is 9.67 Å². The van der Waals surface area contributed by atoms with E-state index in [4.69, 9.17) is 0 Å². The highest BCUT2D eigenvalue weighted by atomic mass is 16.6. The fourth-order valence-electron chi connectivity index (χ4n) is 2.09. The van der Waals surface area contributed by atoms with Crippen molar-refractivity contribution in [2.24, 2.45) is 0 Å². The first-order valence-corrected chi connectivity index (χ1v) is 6.57. The van der Waals surface area contributed by atoms with Gasteiger partial charge in [-0.05, 0) is 20.3 Å². The lowest BCUT2D eigenvalue weighted by Gasteiger charge is -2.07. The molecule has 0 radical (unpaired) electrons. The molecule has 0 unspecified atom stereocenters. The average molecular weight is 278 g/mol. The van der Waals surface area contributed by atoms with Crippen LogP contribution in [0.1, 0.15) is 24.9 Å². The number of aryl methyl sites for hydroxylation is 3. The molecule has 2 aromatic rings. The van der Waals surface area contributed by atoms with E-state index >= 15 is 0 Å². The number of anilines is 1. The predicted octanol–water partition coefficient (Wildman–Crippen LogP) is 1.89. The zero-order chi connectivity index (χ0) is 14.5. The Morgan fingerprint density at radius 2 is 2.35 bits per heavy atom. The highest BCUT2D eigenvalue weighted by Crippen LogP contribution is 2.27. The van der Waals surface area contributed by atoms with Crippen molar-refractivity contribution in [3.63, 3.8) is 0 Å². The molecular formula is C12H18N6O2. The Kier molecular flexibility index (Phi) is 4.34. The highest BCUT2D eigenvalue weighted by Gasteiger charge is 2.24. The fraction of sp³-hybridized carbons (Fsp3) is 0.500. The van der Waals surface area contributed by atoms with Gasteiger partial charge in [-0.3, -0.25) is 10.1 Å². The van der Waals surface area contributed by atoms with Crippen molar-refractivity contribution in [1.82, 2.24) is 19.7 Å². The van der Waals surface area contributed by atoms with Gasteiger partial charge in [0.25, 0.3) is 0 Å². The molecular weight excluding hydrogens is 260 g/mol. The van der Waals surface area contributed by atoms with E-state index in [0.717, 1.165) is 18.7 Å². The summed E-state index contributed by atoms with van der Waals surface area (Å²) in [5.41, 5.74) is 0.496. The molecule has 20 heavy (non-hydrogen) atoms. The van der Waals surface area contributed by atoms with Crippen LogP contribution in [0.3, 0.4) is 0 Å². The van der Waals surface area contributed by atoms with Gasteiger partial charge < -0.3 is 10.3 Å². The van der Waals surface area contributed by atoms with Crippen molar-refractivity contribution in [2.75, 3.05) is 11.9 Å². The Balaban J connectivity index is 1.99. The quantitative estimate of drug-likeness (QED) is 0.457. The van der Waals surface area contributed by atoms with Gasteiger partial charge in [-0.1, -0.05) is 0 Å². The minimum absolute atomic E-state index is 0.0600. The molecule has 8 heteroatoms. The van der Waals surface area contributed by atoms with Crippen molar-refractivity contribution >= 4 is 11.5 Å². The van der Waals surface area contributed by atoms with Gasteiger partial charge in [-0.15, -0.1) is 0 Å². The van der Waals surface area contributed by atoms with Gasteiger partial charge in [0.15, 0.2) is 0 Å². The summed E-state index contributed by atoms with van der Waals surface area (Å²) in [4.78, 5) is 17.9. The third-order valence-electron chi connectivity index (χ3n) is 3.02. The molecule has 0 atom stereocenters. The van der Waals surface area contributed by atoms with E-state index in [0.29, 0.717) is 24.6 Å². The third-order valence-corrected chi connectivity index (χ3v) is 3.02. The van der Waals surface area contributed by atoms with Crippen LogP contribution in [0.2, 0.25) is 0 Å². The molecule has 0 aromatic carbocycles. The van der Waals surface area contributed by atoms with E-state index in [1.165, 1.54) is 0 Å². The molecule has 0 spiro atoms. The molecule has 2 N–H and O–H groups in total. The van der Waals surface area contributed by atoms with Crippen LogP contribution in [-0.4, -0.2) is 31.2 Å². The van der Waals surface area contributed by atoms with Crippen LogP contribution in [0.15, 0.2) is 12.4 Å². The van der Waals surface area contributed by atoms with Gasteiger partial charge in [0.05, 0.1) is 4.92 Å². The number of hydrogen-bond acceptors (Lipinski definition) is 5. The van der Waals surface area contributed by atoms with Gasteiger partial charge >= 0.3 is 5.69 Å².